The second-order valence-electron chi connectivity index (χ2n) is 13.5. The van der Waals surface area contributed by atoms with E-state index in [1.54, 1.807) is 48.5 Å². The molecule has 60 heavy (non-hydrogen) atoms. The van der Waals surface area contributed by atoms with Crippen molar-refractivity contribution in [3.05, 3.63) is 154 Å². The summed E-state index contributed by atoms with van der Waals surface area (Å²) in [7, 11) is 0. The number of carbonyl (C=O) groups excluding carboxylic acids is 4. The summed E-state index contributed by atoms with van der Waals surface area (Å²) < 4.78 is 44.5. The van der Waals surface area contributed by atoms with E-state index in [4.69, 9.17) is 37.9 Å². The van der Waals surface area contributed by atoms with Gasteiger partial charge in [0, 0.05) is 0 Å². The van der Waals surface area contributed by atoms with E-state index in [0.717, 1.165) is 22.3 Å². The summed E-state index contributed by atoms with van der Waals surface area (Å²) in [5, 5.41) is 0.207. The lowest BCUT2D eigenvalue weighted by Crippen LogP contribution is -2.29. The van der Waals surface area contributed by atoms with Crippen LogP contribution in [0.1, 0.15) is 22.3 Å². The maximum atomic E-state index is 13.5. The third-order valence-electron chi connectivity index (χ3n) is 8.70. The van der Waals surface area contributed by atoms with Crippen LogP contribution in [0.15, 0.2) is 121 Å². The standard InChI is InChI=1S/C48H48O12/c1-33-5-17-39(18-6-33)53-25-29-57-45(49)43(46(50)58-30-26-54-40-19-7-34(2)8-20-40)37-13-15-38(16-14-37)44(47(51)59-31-27-55-41-21-9-35(3)10-22-41)48(52)60-32-28-56-42-23-11-36(4)12-24-42/h5-24H,25-32H2,1-4H3. The number of carbonyl (C=O) groups is 4. The molecule has 0 aliphatic heterocycles. The van der Waals surface area contributed by atoms with Crippen LogP contribution in [0, 0.1) is 27.7 Å². The molecule has 0 aliphatic carbocycles. The Bertz CT molecular complexity index is 1990. The maximum absolute atomic E-state index is 13.5. The van der Waals surface area contributed by atoms with Gasteiger partial charge in [0.05, 0.1) is 0 Å². The highest BCUT2D eigenvalue weighted by Crippen LogP contribution is 2.15. The van der Waals surface area contributed by atoms with Crippen LogP contribution in [-0.4, -0.2) is 76.7 Å². The Hall–Kier alpha value is -7.08. The largest absolute Gasteiger partial charge is 0.490 e. The minimum atomic E-state index is -0.968. The summed E-state index contributed by atoms with van der Waals surface area (Å²) in [5.41, 5.74) is 3.42. The third-order valence-corrected chi connectivity index (χ3v) is 8.70. The lowest BCUT2D eigenvalue weighted by Gasteiger charge is -2.12. The van der Waals surface area contributed by atoms with E-state index in [-0.39, 0.29) is 63.3 Å². The van der Waals surface area contributed by atoms with Gasteiger partial charge >= 0.3 is 23.9 Å². The van der Waals surface area contributed by atoms with Crippen LogP contribution in [0.4, 0.5) is 0 Å². The maximum Gasteiger partial charge on any atom is 0.346 e. The molecule has 0 unspecified atom stereocenters. The Balaban J connectivity index is 1.34. The van der Waals surface area contributed by atoms with Gasteiger partial charge in [-0.2, -0.15) is 0 Å². The lowest BCUT2D eigenvalue weighted by atomic mass is 10.1. The highest BCUT2D eigenvalue weighted by Gasteiger charge is 2.25. The Labute approximate surface area is 348 Å². The lowest BCUT2D eigenvalue weighted by molar-refractivity contribution is -0.145. The zero-order chi connectivity index (χ0) is 42.7. The molecule has 0 radical (unpaired) electrons. The van der Waals surface area contributed by atoms with Crippen molar-refractivity contribution in [3.8, 4) is 23.0 Å². The van der Waals surface area contributed by atoms with Gasteiger partial charge < -0.3 is 37.9 Å². The monoisotopic (exact) mass is 816 g/mol. The fourth-order valence-corrected chi connectivity index (χ4v) is 5.44. The van der Waals surface area contributed by atoms with Crippen LogP contribution in [-0.2, 0) is 38.1 Å². The van der Waals surface area contributed by atoms with Crippen LogP contribution in [0.3, 0.4) is 0 Å². The molecule has 5 aromatic carbocycles. The minimum Gasteiger partial charge on any atom is -0.490 e. The molecule has 0 amide bonds. The van der Waals surface area contributed by atoms with Gasteiger partial charge in [-0.05, 0) is 86.7 Å². The van der Waals surface area contributed by atoms with Crippen LogP contribution in [0.5, 0.6) is 23.0 Å². The SMILES string of the molecule is Cc1ccc(OCCOC(=O)C(C(=O)OCCOc2ccc(C)cc2)=c2ccc(=C(C(=O)OCCOc3ccc(C)cc3)C(=O)OCCOc3ccc(C)cc3)cc2)cc1. The van der Waals surface area contributed by atoms with Gasteiger partial charge in [-0.15, -0.1) is 0 Å². The van der Waals surface area contributed by atoms with Crippen molar-refractivity contribution >= 4 is 35.0 Å². The smallest absolute Gasteiger partial charge is 0.346 e. The molecule has 0 heterocycles. The van der Waals surface area contributed by atoms with Crippen LogP contribution < -0.4 is 29.4 Å². The number of ether oxygens (including phenoxy) is 8. The number of rotatable bonds is 20. The second kappa shape index (κ2) is 22.8. The topological polar surface area (TPSA) is 142 Å². The van der Waals surface area contributed by atoms with Crippen molar-refractivity contribution in [3.63, 3.8) is 0 Å². The number of hydrogen-bond acceptors (Lipinski definition) is 12. The van der Waals surface area contributed by atoms with Crippen LogP contribution >= 0.6 is 0 Å². The Kier molecular flexibility index (Phi) is 16.7. The first-order chi connectivity index (χ1) is 29.0. The summed E-state index contributed by atoms with van der Waals surface area (Å²) in [6.45, 7) is 7.21. The van der Waals surface area contributed by atoms with Crippen LogP contribution in [0.2, 0.25) is 0 Å². The molecule has 12 nitrogen and oxygen atoms in total. The van der Waals surface area contributed by atoms with Crippen molar-refractivity contribution in [2.45, 2.75) is 27.7 Å². The molecule has 5 rings (SSSR count). The average molecular weight is 817 g/mol. The average Bonchev–Trinajstić information content (AvgIpc) is 3.24. The summed E-state index contributed by atoms with van der Waals surface area (Å²) in [6.07, 6.45) is 0. The summed E-state index contributed by atoms with van der Waals surface area (Å²) >= 11 is 0. The highest BCUT2D eigenvalue weighted by molar-refractivity contribution is 6.37. The van der Waals surface area contributed by atoms with Gasteiger partial charge in [0.15, 0.2) is 11.1 Å². The zero-order valence-corrected chi connectivity index (χ0v) is 34.1. The predicted octanol–water partition coefficient (Wildman–Crippen LogP) is 5.71. The van der Waals surface area contributed by atoms with E-state index in [2.05, 4.69) is 0 Å². The van der Waals surface area contributed by atoms with E-state index >= 15 is 0 Å². The quantitative estimate of drug-likeness (QED) is 0.0411. The van der Waals surface area contributed by atoms with Gasteiger partial charge in [0.25, 0.3) is 0 Å². The van der Waals surface area contributed by atoms with Crippen LogP contribution in [0.25, 0.3) is 11.1 Å². The van der Waals surface area contributed by atoms with E-state index in [1.165, 1.54) is 24.3 Å². The molecular formula is C48H48O12. The van der Waals surface area contributed by atoms with E-state index in [9.17, 15) is 19.2 Å². The first kappa shape index (κ1) is 44.0. The zero-order valence-electron chi connectivity index (χ0n) is 34.1. The number of esters is 4. The Morgan fingerprint density at radius 2 is 0.500 bits per heavy atom. The molecule has 12 heteroatoms. The first-order valence-corrected chi connectivity index (χ1v) is 19.4. The second-order valence-corrected chi connectivity index (χ2v) is 13.5. The van der Waals surface area contributed by atoms with Crippen molar-refractivity contribution < 1.29 is 57.1 Å². The summed E-state index contributed by atoms with van der Waals surface area (Å²) in [4.78, 5) is 53.9. The normalized spacial score (nSPS) is 10.5. The Morgan fingerprint density at radius 1 is 0.300 bits per heavy atom. The van der Waals surface area contributed by atoms with Gasteiger partial charge in [0.2, 0.25) is 0 Å². The molecule has 0 spiro atoms. The predicted molar refractivity (Wildman–Crippen MR) is 223 cm³/mol. The molecule has 0 fully saturated rings. The molecule has 0 saturated heterocycles. The summed E-state index contributed by atoms with van der Waals surface area (Å²) in [6, 6.07) is 35.0. The minimum absolute atomic E-state index is 0.0229. The number of benzene rings is 5. The van der Waals surface area contributed by atoms with E-state index < -0.39 is 35.0 Å². The molecule has 5 aromatic rings. The first-order valence-electron chi connectivity index (χ1n) is 19.4. The molecule has 0 aromatic heterocycles. The fourth-order valence-electron chi connectivity index (χ4n) is 5.44. The molecule has 0 atom stereocenters. The highest BCUT2D eigenvalue weighted by atomic mass is 16.6. The van der Waals surface area contributed by atoms with Gasteiger partial charge in [-0.25, -0.2) is 19.2 Å². The van der Waals surface area contributed by atoms with Gasteiger partial charge in [-0.1, -0.05) is 95.1 Å². The fraction of sp³-hybridized carbons (Fsp3) is 0.250. The van der Waals surface area contributed by atoms with Gasteiger partial charge in [0.1, 0.15) is 75.9 Å². The molecule has 0 aliphatic rings. The Morgan fingerprint density at radius 3 is 0.700 bits per heavy atom. The van der Waals surface area contributed by atoms with Crippen molar-refractivity contribution in [2.75, 3.05) is 52.9 Å². The molecular weight excluding hydrogens is 769 g/mol. The number of aryl methyl sites for hydroxylation is 4. The van der Waals surface area contributed by atoms with Gasteiger partial charge in [-0.3, -0.25) is 0 Å². The third kappa shape index (κ3) is 14.1. The molecule has 0 N–H and O–H groups in total. The van der Waals surface area contributed by atoms with Crippen molar-refractivity contribution in [1.29, 1.82) is 0 Å². The van der Waals surface area contributed by atoms with Crippen molar-refractivity contribution in [1.82, 2.24) is 0 Å². The van der Waals surface area contributed by atoms with E-state index in [1.807, 2.05) is 76.2 Å². The van der Waals surface area contributed by atoms with Crippen molar-refractivity contribution in [2.24, 2.45) is 0 Å². The molecule has 0 bridgehead atoms. The number of hydrogen-bond donors (Lipinski definition) is 0. The molecule has 0 saturated carbocycles. The molecule has 312 valence electrons. The van der Waals surface area contributed by atoms with E-state index in [0.29, 0.717) is 23.0 Å². The summed E-state index contributed by atoms with van der Waals surface area (Å²) in [5.74, 6) is -1.51.